The van der Waals surface area contributed by atoms with Gasteiger partial charge in [0.25, 0.3) is 0 Å². The number of rotatable bonds is 2. The summed E-state index contributed by atoms with van der Waals surface area (Å²) in [5, 5.41) is 2.65. The van der Waals surface area contributed by atoms with Crippen LogP contribution in [0.15, 0.2) is 0 Å². The van der Waals surface area contributed by atoms with E-state index in [0.717, 1.165) is 0 Å². The van der Waals surface area contributed by atoms with Gasteiger partial charge in [-0.25, -0.2) is 0 Å². The zero-order chi connectivity index (χ0) is 13.9. The van der Waals surface area contributed by atoms with Crippen LogP contribution in [-0.4, -0.2) is 55.3 Å². The van der Waals surface area contributed by atoms with Gasteiger partial charge in [-0.05, 0) is 5.92 Å². The third-order valence-corrected chi connectivity index (χ3v) is 3.49. The second-order valence-corrected chi connectivity index (χ2v) is 5.50. The molecule has 0 saturated carbocycles. The van der Waals surface area contributed by atoms with E-state index in [1.807, 2.05) is 13.8 Å². The zero-order valence-electron chi connectivity index (χ0n) is 11.6. The Balaban J connectivity index is 1.80. The Morgan fingerprint density at radius 2 is 1.79 bits per heavy atom. The van der Waals surface area contributed by atoms with Gasteiger partial charge in [-0.15, -0.1) is 0 Å². The lowest BCUT2D eigenvalue weighted by Gasteiger charge is -2.37. The van der Waals surface area contributed by atoms with E-state index in [0.29, 0.717) is 51.6 Å². The molecule has 2 saturated heterocycles. The Morgan fingerprint density at radius 1 is 1.21 bits per heavy atom. The second-order valence-electron chi connectivity index (χ2n) is 5.50. The average Bonchev–Trinajstić information content (AvgIpc) is 2.84. The molecule has 1 N–H and O–H groups in total. The molecule has 6 nitrogen and oxygen atoms in total. The molecule has 0 aromatic heterocycles. The quantitative estimate of drug-likeness (QED) is 0.724. The number of carbonyl (C=O) groups excluding carboxylic acids is 2. The van der Waals surface area contributed by atoms with Gasteiger partial charge >= 0.3 is 11.8 Å². The summed E-state index contributed by atoms with van der Waals surface area (Å²) in [5.41, 5.74) is 0. The van der Waals surface area contributed by atoms with Crippen LogP contribution in [0.3, 0.4) is 0 Å². The summed E-state index contributed by atoms with van der Waals surface area (Å²) in [6, 6.07) is 0. The van der Waals surface area contributed by atoms with Crippen LogP contribution in [0.1, 0.15) is 26.7 Å². The molecule has 19 heavy (non-hydrogen) atoms. The predicted octanol–water partition coefficient (Wildman–Crippen LogP) is 0.124. The van der Waals surface area contributed by atoms with Crippen molar-refractivity contribution in [2.75, 3.05) is 32.8 Å². The number of amides is 2. The normalized spacial score (nSPS) is 21.9. The number of ether oxygens (including phenoxy) is 2. The molecule has 0 aromatic carbocycles. The Hall–Kier alpha value is -1.14. The molecule has 2 rings (SSSR count). The van der Waals surface area contributed by atoms with Crippen LogP contribution in [0, 0.1) is 5.92 Å². The SMILES string of the molecule is CC(C)CNC(=O)C(=O)N1CCC2(CC1)OCCO2. The number of nitrogens with one attached hydrogen (secondary N) is 1. The van der Waals surface area contributed by atoms with Gasteiger partial charge in [0.2, 0.25) is 0 Å². The van der Waals surface area contributed by atoms with Crippen molar-refractivity contribution >= 4 is 11.8 Å². The molecule has 2 amide bonds. The third-order valence-electron chi connectivity index (χ3n) is 3.49. The number of hydrogen-bond donors (Lipinski definition) is 1. The molecule has 0 aromatic rings. The standard InChI is InChI=1S/C13H22N2O4/c1-10(2)9-14-11(16)12(17)15-5-3-13(4-6-15)18-7-8-19-13/h10H,3-9H2,1-2H3,(H,14,16). The van der Waals surface area contributed by atoms with Crippen LogP contribution in [0.4, 0.5) is 0 Å². The maximum Gasteiger partial charge on any atom is 0.311 e. The van der Waals surface area contributed by atoms with Crippen LogP contribution in [-0.2, 0) is 19.1 Å². The van der Waals surface area contributed by atoms with E-state index >= 15 is 0 Å². The fourth-order valence-electron chi connectivity index (χ4n) is 2.35. The van der Waals surface area contributed by atoms with Gasteiger partial charge < -0.3 is 19.7 Å². The first-order valence-electron chi connectivity index (χ1n) is 6.87. The summed E-state index contributed by atoms with van der Waals surface area (Å²) in [4.78, 5) is 25.2. The lowest BCUT2D eigenvalue weighted by molar-refractivity contribution is -0.188. The van der Waals surface area contributed by atoms with E-state index in [1.54, 1.807) is 4.90 Å². The number of likely N-dealkylation sites (tertiary alicyclic amines) is 1. The minimum Gasteiger partial charge on any atom is -0.348 e. The van der Waals surface area contributed by atoms with Crippen molar-refractivity contribution in [2.24, 2.45) is 5.92 Å². The molecule has 2 heterocycles. The Kier molecular flexibility index (Phi) is 4.42. The molecule has 2 aliphatic heterocycles. The van der Waals surface area contributed by atoms with Crippen molar-refractivity contribution in [2.45, 2.75) is 32.5 Å². The fourth-order valence-corrected chi connectivity index (χ4v) is 2.35. The zero-order valence-corrected chi connectivity index (χ0v) is 11.6. The summed E-state index contributed by atoms with van der Waals surface area (Å²) >= 11 is 0. The van der Waals surface area contributed by atoms with Gasteiger partial charge in [0.05, 0.1) is 13.2 Å². The van der Waals surface area contributed by atoms with E-state index in [4.69, 9.17) is 9.47 Å². The molecule has 1 spiro atoms. The third kappa shape index (κ3) is 3.45. The fraction of sp³-hybridized carbons (Fsp3) is 0.846. The second kappa shape index (κ2) is 5.88. The average molecular weight is 270 g/mol. The minimum absolute atomic E-state index is 0.335. The van der Waals surface area contributed by atoms with Gasteiger partial charge in [0, 0.05) is 32.5 Å². The molecule has 0 unspecified atom stereocenters. The number of carbonyl (C=O) groups is 2. The molecule has 0 aliphatic carbocycles. The molecule has 2 fully saturated rings. The first-order valence-corrected chi connectivity index (χ1v) is 6.87. The first-order chi connectivity index (χ1) is 9.02. The predicted molar refractivity (Wildman–Crippen MR) is 68.3 cm³/mol. The number of nitrogens with zero attached hydrogens (tertiary/aromatic N) is 1. The van der Waals surface area contributed by atoms with E-state index in [2.05, 4.69) is 5.32 Å². The van der Waals surface area contributed by atoms with Crippen molar-refractivity contribution in [1.29, 1.82) is 0 Å². The van der Waals surface area contributed by atoms with Crippen molar-refractivity contribution in [3.05, 3.63) is 0 Å². The van der Waals surface area contributed by atoms with Gasteiger partial charge in [-0.1, -0.05) is 13.8 Å². The Bertz CT molecular complexity index is 341. The topological polar surface area (TPSA) is 67.9 Å². The Labute approximate surface area is 113 Å². The highest BCUT2D eigenvalue weighted by molar-refractivity contribution is 6.35. The monoisotopic (exact) mass is 270 g/mol. The molecule has 0 radical (unpaired) electrons. The summed E-state index contributed by atoms with van der Waals surface area (Å²) in [6.07, 6.45) is 1.27. The van der Waals surface area contributed by atoms with Gasteiger partial charge in [0.15, 0.2) is 5.79 Å². The van der Waals surface area contributed by atoms with E-state index in [-0.39, 0.29) is 0 Å². The highest BCUT2D eigenvalue weighted by Crippen LogP contribution is 2.31. The van der Waals surface area contributed by atoms with Crippen LogP contribution in [0.5, 0.6) is 0 Å². The minimum atomic E-state index is -0.516. The van der Waals surface area contributed by atoms with Gasteiger partial charge in [-0.2, -0.15) is 0 Å². The highest BCUT2D eigenvalue weighted by Gasteiger charge is 2.41. The first kappa shape index (κ1) is 14.3. The maximum atomic E-state index is 11.9. The van der Waals surface area contributed by atoms with Crippen molar-refractivity contribution in [3.63, 3.8) is 0 Å². The smallest absolute Gasteiger partial charge is 0.311 e. The lowest BCUT2D eigenvalue weighted by atomic mass is 10.0. The van der Waals surface area contributed by atoms with E-state index < -0.39 is 17.6 Å². The summed E-state index contributed by atoms with van der Waals surface area (Å²) in [6.45, 7) is 6.75. The van der Waals surface area contributed by atoms with Crippen LogP contribution < -0.4 is 5.32 Å². The Morgan fingerprint density at radius 3 is 2.32 bits per heavy atom. The van der Waals surface area contributed by atoms with Crippen LogP contribution >= 0.6 is 0 Å². The summed E-state index contributed by atoms with van der Waals surface area (Å²) in [7, 11) is 0. The molecule has 0 bridgehead atoms. The van der Waals surface area contributed by atoms with Crippen LogP contribution in [0.2, 0.25) is 0 Å². The largest absolute Gasteiger partial charge is 0.348 e. The summed E-state index contributed by atoms with van der Waals surface area (Å²) in [5.74, 6) is -1.14. The van der Waals surface area contributed by atoms with Gasteiger partial charge in [0.1, 0.15) is 0 Å². The van der Waals surface area contributed by atoms with E-state index in [9.17, 15) is 9.59 Å². The molecule has 6 heteroatoms. The number of piperidine rings is 1. The molecule has 0 atom stereocenters. The lowest BCUT2D eigenvalue weighted by Crippen LogP contribution is -2.51. The van der Waals surface area contributed by atoms with Crippen LogP contribution in [0.25, 0.3) is 0 Å². The number of hydrogen-bond acceptors (Lipinski definition) is 4. The van der Waals surface area contributed by atoms with E-state index in [1.165, 1.54) is 0 Å². The molecular formula is C13H22N2O4. The van der Waals surface area contributed by atoms with Gasteiger partial charge in [-0.3, -0.25) is 9.59 Å². The highest BCUT2D eigenvalue weighted by atomic mass is 16.7. The molecule has 108 valence electrons. The molecule has 2 aliphatic rings. The van der Waals surface area contributed by atoms with Crippen molar-refractivity contribution < 1.29 is 19.1 Å². The molecular weight excluding hydrogens is 248 g/mol. The summed E-state index contributed by atoms with van der Waals surface area (Å²) < 4.78 is 11.2. The van der Waals surface area contributed by atoms with Crippen molar-refractivity contribution in [3.8, 4) is 0 Å². The maximum absolute atomic E-state index is 11.9. The van der Waals surface area contributed by atoms with Crippen molar-refractivity contribution in [1.82, 2.24) is 10.2 Å².